The number of carbonyl (C=O) groups excluding carboxylic acids is 2. The van der Waals surface area contributed by atoms with Crippen molar-refractivity contribution in [3.63, 3.8) is 0 Å². The topological polar surface area (TPSA) is 61.8 Å². The molecule has 5 nitrogen and oxygen atoms in total. The summed E-state index contributed by atoms with van der Waals surface area (Å²) >= 11 is 0. The third-order valence-corrected chi connectivity index (χ3v) is 3.86. The highest BCUT2D eigenvalue weighted by atomic mass is 19.1. The number of carbonyl (C=O) groups is 2. The molecule has 1 aliphatic heterocycles. The average molecular weight is 380 g/mol. The van der Waals surface area contributed by atoms with Gasteiger partial charge in [0.25, 0.3) is 5.79 Å². The first-order chi connectivity index (χ1) is 13.3. The first kappa shape index (κ1) is 19.2. The van der Waals surface area contributed by atoms with Crippen LogP contribution in [0.3, 0.4) is 0 Å². The number of rotatable bonds is 2. The molecule has 1 fully saturated rings. The Morgan fingerprint density at radius 2 is 1.64 bits per heavy atom. The van der Waals surface area contributed by atoms with Crippen LogP contribution in [0, 0.1) is 17.7 Å². The second-order valence-corrected chi connectivity index (χ2v) is 6.45. The van der Waals surface area contributed by atoms with Crippen molar-refractivity contribution in [2.45, 2.75) is 19.6 Å². The Kier molecular flexibility index (Phi) is 5.18. The quantitative estimate of drug-likeness (QED) is 0.346. The van der Waals surface area contributed by atoms with E-state index in [1.54, 1.807) is 31.4 Å². The molecule has 0 N–H and O–H groups in total. The maximum Gasteiger partial charge on any atom is 0.348 e. The van der Waals surface area contributed by atoms with E-state index in [1.165, 1.54) is 38.1 Å². The monoisotopic (exact) mass is 380 g/mol. The molecular formula is C22H17FO5. The largest absolute Gasteiger partial charge is 0.497 e. The van der Waals surface area contributed by atoms with Crippen molar-refractivity contribution in [1.82, 2.24) is 0 Å². The summed E-state index contributed by atoms with van der Waals surface area (Å²) in [4.78, 5) is 24.3. The van der Waals surface area contributed by atoms with Crippen molar-refractivity contribution in [3.8, 4) is 17.6 Å². The summed E-state index contributed by atoms with van der Waals surface area (Å²) < 4.78 is 29.0. The van der Waals surface area contributed by atoms with Gasteiger partial charge in [-0.25, -0.2) is 14.0 Å². The summed E-state index contributed by atoms with van der Waals surface area (Å²) in [6.45, 7) is 2.92. The molecule has 28 heavy (non-hydrogen) atoms. The predicted octanol–water partition coefficient (Wildman–Crippen LogP) is 3.45. The van der Waals surface area contributed by atoms with E-state index >= 15 is 0 Å². The molecule has 0 aliphatic carbocycles. The van der Waals surface area contributed by atoms with E-state index < -0.39 is 23.5 Å². The van der Waals surface area contributed by atoms with E-state index in [0.717, 1.165) is 0 Å². The van der Waals surface area contributed by atoms with Crippen LogP contribution in [-0.4, -0.2) is 24.8 Å². The van der Waals surface area contributed by atoms with Crippen LogP contribution < -0.4 is 4.74 Å². The van der Waals surface area contributed by atoms with Crippen LogP contribution in [0.4, 0.5) is 4.39 Å². The van der Waals surface area contributed by atoms with Gasteiger partial charge in [-0.05, 0) is 48.0 Å². The number of hydrogen-bond donors (Lipinski definition) is 0. The van der Waals surface area contributed by atoms with E-state index in [1.807, 2.05) is 0 Å². The zero-order valence-electron chi connectivity index (χ0n) is 15.5. The fraction of sp³-hybridized carbons (Fsp3) is 0.182. The minimum absolute atomic E-state index is 0.279. The Morgan fingerprint density at radius 3 is 2.25 bits per heavy atom. The molecule has 0 radical (unpaired) electrons. The van der Waals surface area contributed by atoms with Gasteiger partial charge in [-0.15, -0.1) is 0 Å². The molecule has 0 atom stereocenters. The Hall–Kier alpha value is -3.59. The molecule has 0 spiro atoms. The number of methoxy groups -OCH3 is 1. The van der Waals surface area contributed by atoms with Gasteiger partial charge in [0.1, 0.15) is 17.1 Å². The Morgan fingerprint density at radius 1 is 1.00 bits per heavy atom. The third kappa shape index (κ3) is 4.38. The SMILES string of the molecule is COc1ccc(C#Cc2cc(F)ccc2C=C2C(=O)OC(C)(C)OC2=O)cc1. The molecule has 2 aromatic carbocycles. The van der Waals surface area contributed by atoms with Gasteiger partial charge in [0.05, 0.1) is 7.11 Å². The van der Waals surface area contributed by atoms with Gasteiger partial charge in [0.2, 0.25) is 0 Å². The number of halogens is 1. The van der Waals surface area contributed by atoms with Gasteiger partial charge in [-0.2, -0.15) is 0 Å². The predicted molar refractivity (Wildman–Crippen MR) is 99.6 cm³/mol. The Balaban J connectivity index is 1.97. The van der Waals surface area contributed by atoms with E-state index in [4.69, 9.17) is 14.2 Å². The van der Waals surface area contributed by atoms with Crippen molar-refractivity contribution in [2.75, 3.05) is 7.11 Å². The molecule has 142 valence electrons. The number of esters is 2. The molecule has 0 bridgehead atoms. The molecule has 0 saturated carbocycles. The molecule has 2 aromatic rings. The van der Waals surface area contributed by atoms with Gasteiger partial charge in [-0.3, -0.25) is 0 Å². The second kappa shape index (κ2) is 7.57. The summed E-state index contributed by atoms with van der Waals surface area (Å²) in [5.74, 6) is 3.05. The molecule has 3 rings (SSSR count). The van der Waals surface area contributed by atoms with Crippen LogP contribution in [-0.2, 0) is 19.1 Å². The van der Waals surface area contributed by atoms with Crippen LogP contribution in [0.1, 0.15) is 30.5 Å². The lowest BCUT2D eigenvalue weighted by atomic mass is 10.0. The lowest BCUT2D eigenvalue weighted by molar-refractivity contribution is -0.222. The van der Waals surface area contributed by atoms with E-state index in [2.05, 4.69) is 11.8 Å². The minimum atomic E-state index is -1.33. The highest BCUT2D eigenvalue weighted by molar-refractivity contribution is 6.19. The van der Waals surface area contributed by atoms with Gasteiger partial charge in [-0.1, -0.05) is 17.9 Å². The highest BCUT2D eigenvalue weighted by Crippen LogP contribution is 2.25. The van der Waals surface area contributed by atoms with Crippen molar-refractivity contribution in [2.24, 2.45) is 0 Å². The van der Waals surface area contributed by atoms with Crippen LogP contribution in [0.25, 0.3) is 6.08 Å². The minimum Gasteiger partial charge on any atom is -0.497 e. The highest BCUT2D eigenvalue weighted by Gasteiger charge is 2.38. The van der Waals surface area contributed by atoms with Gasteiger partial charge < -0.3 is 14.2 Å². The van der Waals surface area contributed by atoms with Crippen LogP contribution in [0.15, 0.2) is 48.0 Å². The third-order valence-electron chi connectivity index (χ3n) is 3.86. The van der Waals surface area contributed by atoms with Gasteiger partial charge in [0.15, 0.2) is 0 Å². The normalized spacial score (nSPS) is 15.1. The molecule has 1 saturated heterocycles. The number of benzene rings is 2. The molecule has 0 unspecified atom stereocenters. The number of cyclic esters (lactones) is 2. The summed E-state index contributed by atoms with van der Waals surface area (Å²) in [5, 5.41) is 0. The smallest absolute Gasteiger partial charge is 0.348 e. The van der Waals surface area contributed by atoms with Crippen molar-refractivity contribution >= 4 is 18.0 Å². The number of hydrogen-bond acceptors (Lipinski definition) is 5. The van der Waals surface area contributed by atoms with E-state index in [0.29, 0.717) is 22.4 Å². The fourth-order valence-corrected chi connectivity index (χ4v) is 2.51. The van der Waals surface area contributed by atoms with Crippen LogP contribution >= 0.6 is 0 Å². The molecule has 0 aromatic heterocycles. The van der Waals surface area contributed by atoms with Crippen LogP contribution in [0.5, 0.6) is 5.75 Å². The van der Waals surface area contributed by atoms with E-state index in [9.17, 15) is 14.0 Å². The van der Waals surface area contributed by atoms with Gasteiger partial charge >= 0.3 is 11.9 Å². The lowest BCUT2D eigenvalue weighted by Crippen LogP contribution is -2.41. The summed E-state index contributed by atoms with van der Waals surface area (Å²) in [6, 6.07) is 10.9. The summed E-state index contributed by atoms with van der Waals surface area (Å²) in [6.07, 6.45) is 1.29. The Labute approximate surface area is 161 Å². The molecule has 1 heterocycles. The van der Waals surface area contributed by atoms with Crippen molar-refractivity contribution in [1.29, 1.82) is 0 Å². The molecule has 1 aliphatic rings. The van der Waals surface area contributed by atoms with Crippen LogP contribution in [0.2, 0.25) is 0 Å². The summed E-state index contributed by atoms with van der Waals surface area (Å²) in [5.41, 5.74) is 1.13. The van der Waals surface area contributed by atoms with Crippen molar-refractivity contribution in [3.05, 3.63) is 70.5 Å². The maximum absolute atomic E-state index is 13.7. The second-order valence-electron chi connectivity index (χ2n) is 6.45. The molecular weight excluding hydrogens is 363 g/mol. The van der Waals surface area contributed by atoms with Gasteiger partial charge in [0, 0.05) is 25.0 Å². The van der Waals surface area contributed by atoms with E-state index in [-0.39, 0.29) is 5.57 Å². The summed E-state index contributed by atoms with van der Waals surface area (Å²) in [7, 11) is 1.57. The average Bonchev–Trinajstić information content (AvgIpc) is 2.64. The zero-order chi connectivity index (χ0) is 20.3. The van der Waals surface area contributed by atoms with Crippen molar-refractivity contribution < 1.29 is 28.2 Å². The fourth-order valence-electron chi connectivity index (χ4n) is 2.51. The molecule has 6 heteroatoms. The first-order valence-corrected chi connectivity index (χ1v) is 8.41. The zero-order valence-corrected chi connectivity index (χ0v) is 15.5. The molecule has 0 amide bonds. The first-order valence-electron chi connectivity index (χ1n) is 8.41. The maximum atomic E-state index is 13.7. The Bertz CT molecular complexity index is 1000. The number of ether oxygens (including phenoxy) is 3. The standard InChI is InChI=1S/C22H17FO5/c1-22(2)27-20(24)19(21(25)28-22)13-16-8-9-17(23)12-15(16)7-4-14-5-10-18(26-3)11-6-14/h5-6,8-13H,1-3H3. The lowest BCUT2D eigenvalue weighted by Gasteiger charge is -2.29.